The molecule has 162 valence electrons. The molecule has 0 spiro atoms. The van der Waals surface area contributed by atoms with Crippen molar-refractivity contribution in [3.8, 4) is 11.6 Å². The number of carbonyl (C=O) groups is 2. The SMILES string of the molecule is COC(=O)[C@H]1C[C@@H](Oc2ccccc2F)CN1C(=O)c1ccc2c(OC)n(C)nc2c1. The molecule has 9 heteroatoms. The lowest BCUT2D eigenvalue weighted by Gasteiger charge is -2.22. The molecule has 2 atom stereocenters. The number of rotatable bonds is 5. The minimum atomic E-state index is -0.830. The highest BCUT2D eigenvalue weighted by Crippen LogP contribution is 2.29. The Morgan fingerprint density at radius 1 is 1.16 bits per heavy atom. The van der Waals surface area contributed by atoms with Gasteiger partial charge in [-0.3, -0.25) is 4.79 Å². The van der Waals surface area contributed by atoms with Gasteiger partial charge >= 0.3 is 5.97 Å². The Hall–Kier alpha value is -3.62. The number of fused-ring (bicyclic) bond motifs is 1. The highest BCUT2D eigenvalue weighted by Gasteiger charge is 2.42. The van der Waals surface area contributed by atoms with Gasteiger partial charge in [0.25, 0.3) is 5.91 Å². The van der Waals surface area contributed by atoms with E-state index in [-0.39, 0.29) is 24.6 Å². The van der Waals surface area contributed by atoms with Gasteiger partial charge in [0.15, 0.2) is 11.6 Å². The van der Waals surface area contributed by atoms with Gasteiger partial charge in [0.1, 0.15) is 12.1 Å². The summed E-state index contributed by atoms with van der Waals surface area (Å²) < 4.78 is 31.5. The van der Waals surface area contributed by atoms with Crippen LogP contribution in [0.2, 0.25) is 0 Å². The smallest absolute Gasteiger partial charge is 0.328 e. The van der Waals surface area contributed by atoms with Gasteiger partial charge < -0.3 is 19.1 Å². The third-order valence-electron chi connectivity index (χ3n) is 5.35. The average Bonchev–Trinajstić information content (AvgIpc) is 3.33. The molecule has 0 saturated carbocycles. The van der Waals surface area contributed by atoms with Crippen molar-refractivity contribution < 1.29 is 28.2 Å². The standard InChI is InChI=1S/C22H22FN3O5/c1-25-21(29-2)15-9-8-13(10-17(15)24-25)20(27)26-12-14(11-18(26)22(28)30-3)31-19-7-5-4-6-16(19)23/h4-10,14,18H,11-12H2,1-3H3/t14-,18-/m1/s1. The van der Waals surface area contributed by atoms with Gasteiger partial charge in [0.2, 0.25) is 5.88 Å². The summed E-state index contributed by atoms with van der Waals surface area (Å²) in [6.45, 7) is 0.122. The Kier molecular flexibility index (Phi) is 5.50. The molecular formula is C22H22FN3O5. The molecule has 1 saturated heterocycles. The van der Waals surface area contributed by atoms with Gasteiger partial charge in [-0.05, 0) is 30.3 Å². The van der Waals surface area contributed by atoms with Crippen LogP contribution in [0, 0.1) is 5.82 Å². The highest BCUT2D eigenvalue weighted by molar-refractivity contribution is 6.00. The summed E-state index contributed by atoms with van der Waals surface area (Å²) in [5, 5.41) is 5.14. The van der Waals surface area contributed by atoms with Gasteiger partial charge in [-0.2, -0.15) is 5.10 Å². The number of nitrogens with zero attached hydrogens (tertiary/aromatic N) is 3. The van der Waals surface area contributed by atoms with E-state index < -0.39 is 23.9 Å². The van der Waals surface area contributed by atoms with Crippen molar-refractivity contribution in [2.75, 3.05) is 20.8 Å². The van der Waals surface area contributed by atoms with E-state index in [4.69, 9.17) is 14.2 Å². The monoisotopic (exact) mass is 427 g/mol. The molecule has 0 radical (unpaired) electrons. The van der Waals surface area contributed by atoms with E-state index in [2.05, 4.69) is 5.10 Å². The topological polar surface area (TPSA) is 82.9 Å². The van der Waals surface area contributed by atoms with Gasteiger partial charge in [-0.25, -0.2) is 13.9 Å². The molecule has 1 aromatic heterocycles. The second-order valence-corrected chi connectivity index (χ2v) is 7.27. The molecule has 2 aromatic carbocycles. The van der Waals surface area contributed by atoms with Crippen molar-refractivity contribution in [1.82, 2.24) is 14.7 Å². The Balaban J connectivity index is 1.61. The molecule has 31 heavy (non-hydrogen) atoms. The largest absolute Gasteiger partial charge is 0.485 e. The first kappa shape index (κ1) is 20.6. The van der Waals surface area contributed by atoms with Crippen molar-refractivity contribution in [2.24, 2.45) is 7.05 Å². The fraction of sp³-hybridized carbons (Fsp3) is 0.318. The summed E-state index contributed by atoms with van der Waals surface area (Å²) in [5.41, 5.74) is 0.965. The number of methoxy groups -OCH3 is 2. The van der Waals surface area contributed by atoms with Crippen LogP contribution in [0.4, 0.5) is 4.39 Å². The van der Waals surface area contributed by atoms with E-state index >= 15 is 0 Å². The molecule has 0 unspecified atom stereocenters. The van der Waals surface area contributed by atoms with E-state index in [1.165, 1.54) is 24.1 Å². The van der Waals surface area contributed by atoms with Crippen LogP contribution in [-0.4, -0.2) is 59.5 Å². The van der Waals surface area contributed by atoms with E-state index in [0.717, 1.165) is 5.39 Å². The quantitative estimate of drug-likeness (QED) is 0.582. The maximum atomic E-state index is 14.0. The number of ether oxygens (including phenoxy) is 3. The van der Waals surface area contributed by atoms with Crippen LogP contribution in [0.1, 0.15) is 16.8 Å². The number of benzene rings is 2. The van der Waals surface area contributed by atoms with E-state index in [9.17, 15) is 14.0 Å². The minimum Gasteiger partial charge on any atom is -0.485 e. The van der Waals surface area contributed by atoms with E-state index in [1.807, 2.05) is 0 Å². The molecular weight excluding hydrogens is 405 g/mol. The highest BCUT2D eigenvalue weighted by atomic mass is 19.1. The number of hydrogen-bond donors (Lipinski definition) is 0. The summed E-state index contributed by atoms with van der Waals surface area (Å²) in [7, 11) is 4.57. The average molecular weight is 427 g/mol. The normalized spacial score (nSPS) is 18.3. The van der Waals surface area contributed by atoms with E-state index in [0.29, 0.717) is 17.0 Å². The van der Waals surface area contributed by atoms with Crippen molar-refractivity contribution >= 4 is 22.8 Å². The number of likely N-dealkylation sites (tertiary alicyclic amines) is 1. The first-order chi connectivity index (χ1) is 14.9. The van der Waals surface area contributed by atoms with Crippen LogP contribution in [0.15, 0.2) is 42.5 Å². The van der Waals surface area contributed by atoms with Crippen LogP contribution >= 0.6 is 0 Å². The lowest BCUT2D eigenvalue weighted by Crippen LogP contribution is -2.41. The molecule has 3 aromatic rings. The number of hydrogen-bond acceptors (Lipinski definition) is 6. The fourth-order valence-corrected chi connectivity index (χ4v) is 3.90. The van der Waals surface area contributed by atoms with Crippen LogP contribution in [0.3, 0.4) is 0 Å². The minimum absolute atomic E-state index is 0.0763. The van der Waals surface area contributed by atoms with E-state index in [1.54, 1.807) is 49.2 Å². The Morgan fingerprint density at radius 3 is 2.65 bits per heavy atom. The van der Waals surface area contributed by atoms with Crippen molar-refractivity contribution in [3.05, 3.63) is 53.8 Å². The zero-order chi connectivity index (χ0) is 22.1. The summed E-state index contributed by atoms with van der Waals surface area (Å²) >= 11 is 0. The second-order valence-electron chi connectivity index (χ2n) is 7.27. The maximum absolute atomic E-state index is 14.0. The third-order valence-corrected chi connectivity index (χ3v) is 5.35. The number of carbonyl (C=O) groups excluding carboxylic acids is 2. The Labute approximate surface area is 178 Å². The molecule has 4 rings (SSSR count). The second kappa shape index (κ2) is 8.25. The Bertz CT molecular complexity index is 1150. The predicted octanol–water partition coefficient (Wildman–Crippen LogP) is 2.56. The lowest BCUT2D eigenvalue weighted by atomic mass is 10.1. The van der Waals surface area contributed by atoms with Crippen LogP contribution in [0.5, 0.6) is 11.6 Å². The summed E-state index contributed by atoms with van der Waals surface area (Å²) in [5.74, 6) is -0.750. The first-order valence-corrected chi connectivity index (χ1v) is 9.73. The van der Waals surface area contributed by atoms with Crippen molar-refractivity contribution in [2.45, 2.75) is 18.6 Å². The third kappa shape index (κ3) is 3.78. The van der Waals surface area contributed by atoms with Gasteiger partial charge in [-0.15, -0.1) is 0 Å². The van der Waals surface area contributed by atoms with Crippen molar-refractivity contribution in [3.63, 3.8) is 0 Å². The number of para-hydroxylation sites is 1. The predicted molar refractivity (Wildman–Crippen MR) is 110 cm³/mol. The van der Waals surface area contributed by atoms with Gasteiger partial charge in [0, 0.05) is 19.0 Å². The summed E-state index contributed by atoms with van der Waals surface area (Å²) in [6.07, 6.45) is -0.351. The van der Waals surface area contributed by atoms with Gasteiger partial charge in [0.05, 0.1) is 31.7 Å². The fourth-order valence-electron chi connectivity index (χ4n) is 3.90. The lowest BCUT2D eigenvalue weighted by molar-refractivity contribution is -0.145. The van der Waals surface area contributed by atoms with Gasteiger partial charge in [-0.1, -0.05) is 12.1 Å². The molecule has 1 aliphatic heterocycles. The zero-order valence-corrected chi connectivity index (χ0v) is 17.4. The zero-order valence-electron chi connectivity index (χ0n) is 17.4. The number of aryl methyl sites for hydroxylation is 1. The van der Waals surface area contributed by atoms with Crippen molar-refractivity contribution in [1.29, 1.82) is 0 Å². The van der Waals surface area contributed by atoms with Crippen LogP contribution in [-0.2, 0) is 16.6 Å². The number of amides is 1. The maximum Gasteiger partial charge on any atom is 0.328 e. The molecule has 1 amide bonds. The van der Waals surface area contributed by atoms with Crippen LogP contribution < -0.4 is 9.47 Å². The molecule has 1 fully saturated rings. The number of aromatic nitrogens is 2. The summed E-state index contributed by atoms with van der Waals surface area (Å²) in [6, 6.07) is 10.3. The number of esters is 1. The van der Waals surface area contributed by atoms with Crippen LogP contribution in [0.25, 0.3) is 10.9 Å². The number of halogens is 1. The molecule has 8 nitrogen and oxygen atoms in total. The molecule has 0 aliphatic carbocycles. The molecule has 0 bridgehead atoms. The first-order valence-electron chi connectivity index (χ1n) is 9.73. The summed E-state index contributed by atoms with van der Waals surface area (Å²) in [4.78, 5) is 27.0. The molecule has 1 aliphatic rings. The molecule has 2 heterocycles. The molecule has 0 N–H and O–H groups in total. The Morgan fingerprint density at radius 2 is 1.94 bits per heavy atom.